The highest BCUT2D eigenvalue weighted by Gasteiger charge is 2.17. The van der Waals surface area contributed by atoms with Crippen LogP contribution in [0.5, 0.6) is 0 Å². The maximum Gasteiger partial charge on any atom is 0.341 e. The summed E-state index contributed by atoms with van der Waals surface area (Å²) >= 11 is 0. The van der Waals surface area contributed by atoms with Gasteiger partial charge in [-0.15, -0.1) is 0 Å². The molecule has 100 valence electrons. The summed E-state index contributed by atoms with van der Waals surface area (Å²) in [6.45, 7) is 10.6. The molecule has 0 spiro atoms. The van der Waals surface area contributed by atoms with Crippen LogP contribution < -0.4 is 0 Å². The van der Waals surface area contributed by atoms with Crippen LogP contribution in [-0.2, 0) is 17.6 Å². The molecule has 0 aliphatic carbocycles. The number of rotatable bonds is 4. The number of ether oxygens (including phenoxy) is 1. The van der Waals surface area contributed by atoms with E-state index in [9.17, 15) is 4.79 Å². The molecule has 0 radical (unpaired) electrons. The van der Waals surface area contributed by atoms with Gasteiger partial charge in [0.2, 0.25) is 0 Å². The maximum absolute atomic E-state index is 11.7. The first kappa shape index (κ1) is 14.6. The molecule has 0 fully saturated rings. The van der Waals surface area contributed by atoms with Crippen LogP contribution in [0, 0.1) is 5.41 Å². The fourth-order valence-electron chi connectivity index (χ4n) is 1.67. The second-order valence-electron chi connectivity index (χ2n) is 5.46. The zero-order valence-electron chi connectivity index (χ0n) is 11.9. The minimum atomic E-state index is -0.336. The summed E-state index contributed by atoms with van der Waals surface area (Å²) in [4.78, 5) is 20.5. The number of hydrogen-bond acceptors (Lipinski definition) is 4. The highest BCUT2D eigenvalue weighted by Crippen LogP contribution is 2.19. The van der Waals surface area contributed by atoms with Crippen LogP contribution in [0.25, 0.3) is 0 Å². The van der Waals surface area contributed by atoms with Gasteiger partial charge in [-0.2, -0.15) is 0 Å². The van der Waals surface area contributed by atoms with Gasteiger partial charge >= 0.3 is 5.97 Å². The smallest absolute Gasteiger partial charge is 0.341 e. The van der Waals surface area contributed by atoms with Gasteiger partial charge in [-0.05, 0) is 18.8 Å². The van der Waals surface area contributed by atoms with Gasteiger partial charge in [0.25, 0.3) is 0 Å². The lowest BCUT2D eigenvalue weighted by atomic mass is 9.92. The SMILES string of the molecule is CCOC(=O)c1cnc(CC(C)(C)C)nc1CC. The minimum absolute atomic E-state index is 0.135. The molecule has 0 aliphatic heterocycles. The quantitative estimate of drug-likeness (QED) is 0.771. The van der Waals surface area contributed by atoms with Crippen molar-refractivity contribution in [2.45, 2.75) is 47.5 Å². The molecule has 4 nitrogen and oxygen atoms in total. The molecule has 1 aromatic rings. The van der Waals surface area contributed by atoms with Crippen LogP contribution >= 0.6 is 0 Å². The summed E-state index contributed by atoms with van der Waals surface area (Å²) in [6, 6.07) is 0. The fraction of sp³-hybridized carbons (Fsp3) is 0.643. The highest BCUT2D eigenvalue weighted by molar-refractivity contribution is 5.90. The van der Waals surface area contributed by atoms with Gasteiger partial charge < -0.3 is 4.74 Å². The molecule has 0 aromatic carbocycles. The molecule has 0 saturated heterocycles. The summed E-state index contributed by atoms with van der Waals surface area (Å²) < 4.78 is 4.99. The van der Waals surface area contributed by atoms with Gasteiger partial charge in [-0.3, -0.25) is 0 Å². The van der Waals surface area contributed by atoms with Gasteiger partial charge in [0.1, 0.15) is 5.82 Å². The van der Waals surface area contributed by atoms with Crippen molar-refractivity contribution >= 4 is 5.97 Å². The van der Waals surface area contributed by atoms with Gasteiger partial charge in [0.05, 0.1) is 17.9 Å². The monoisotopic (exact) mass is 250 g/mol. The Balaban J connectivity index is 3.00. The number of carbonyl (C=O) groups is 1. The number of nitrogens with zero attached hydrogens (tertiary/aromatic N) is 2. The molecule has 0 saturated carbocycles. The molecule has 0 bridgehead atoms. The summed E-state index contributed by atoms with van der Waals surface area (Å²) in [7, 11) is 0. The van der Waals surface area contributed by atoms with E-state index in [1.807, 2.05) is 6.92 Å². The number of aromatic nitrogens is 2. The number of aryl methyl sites for hydroxylation is 1. The van der Waals surface area contributed by atoms with Crippen LogP contribution in [0.15, 0.2) is 6.20 Å². The third-order valence-electron chi connectivity index (χ3n) is 2.44. The lowest BCUT2D eigenvalue weighted by Gasteiger charge is -2.17. The molecule has 0 amide bonds. The van der Waals surface area contributed by atoms with E-state index in [-0.39, 0.29) is 11.4 Å². The predicted octanol–water partition coefficient (Wildman–Crippen LogP) is 2.80. The van der Waals surface area contributed by atoms with E-state index in [2.05, 4.69) is 30.7 Å². The van der Waals surface area contributed by atoms with E-state index in [0.29, 0.717) is 18.6 Å². The van der Waals surface area contributed by atoms with Crippen LogP contribution in [0.4, 0.5) is 0 Å². The largest absolute Gasteiger partial charge is 0.462 e. The van der Waals surface area contributed by atoms with E-state index in [4.69, 9.17) is 4.74 Å². The first-order valence-electron chi connectivity index (χ1n) is 6.39. The first-order valence-corrected chi connectivity index (χ1v) is 6.39. The second-order valence-corrected chi connectivity index (χ2v) is 5.46. The normalized spacial score (nSPS) is 11.4. The van der Waals surface area contributed by atoms with E-state index in [0.717, 1.165) is 17.9 Å². The summed E-state index contributed by atoms with van der Waals surface area (Å²) in [6.07, 6.45) is 3.09. The van der Waals surface area contributed by atoms with E-state index in [1.165, 1.54) is 0 Å². The van der Waals surface area contributed by atoms with Crippen molar-refractivity contribution in [1.82, 2.24) is 9.97 Å². The van der Waals surface area contributed by atoms with Crippen molar-refractivity contribution in [3.8, 4) is 0 Å². The maximum atomic E-state index is 11.7. The topological polar surface area (TPSA) is 52.1 Å². The lowest BCUT2D eigenvalue weighted by molar-refractivity contribution is 0.0524. The fourth-order valence-corrected chi connectivity index (χ4v) is 1.67. The molecular formula is C14H22N2O2. The Labute approximate surface area is 109 Å². The summed E-state index contributed by atoms with van der Waals surface area (Å²) in [5, 5.41) is 0. The third kappa shape index (κ3) is 4.09. The van der Waals surface area contributed by atoms with Crippen LogP contribution in [0.2, 0.25) is 0 Å². The van der Waals surface area contributed by atoms with Crippen molar-refractivity contribution in [2.24, 2.45) is 5.41 Å². The molecule has 0 unspecified atom stereocenters. The highest BCUT2D eigenvalue weighted by atomic mass is 16.5. The predicted molar refractivity (Wildman–Crippen MR) is 70.5 cm³/mol. The van der Waals surface area contributed by atoms with Crippen LogP contribution in [0.1, 0.15) is 56.5 Å². The molecule has 0 atom stereocenters. The zero-order chi connectivity index (χ0) is 13.8. The first-order chi connectivity index (χ1) is 8.37. The Morgan fingerprint density at radius 1 is 1.33 bits per heavy atom. The van der Waals surface area contributed by atoms with Crippen molar-refractivity contribution in [1.29, 1.82) is 0 Å². The molecule has 1 heterocycles. The molecule has 0 N–H and O–H groups in total. The minimum Gasteiger partial charge on any atom is -0.462 e. The van der Waals surface area contributed by atoms with Gasteiger partial charge in [-0.25, -0.2) is 14.8 Å². The Morgan fingerprint density at radius 2 is 2.00 bits per heavy atom. The van der Waals surface area contributed by atoms with Crippen molar-refractivity contribution in [2.75, 3.05) is 6.61 Å². The Morgan fingerprint density at radius 3 is 2.50 bits per heavy atom. The van der Waals surface area contributed by atoms with Crippen molar-refractivity contribution in [3.63, 3.8) is 0 Å². The molecule has 0 aliphatic rings. The zero-order valence-corrected chi connectivity index (χ0v) is 11.9. The van der Waals surface area contributed by atoms with E-state index < -0.39 is 0 Å². The van der Waals surface area contributed by atoms with E-state index in [1.54, 1.807) is 13.1 Å². The average Bonchev–Trinajstić information content (AvgIpc) is 2.27. The average molecular weight is 250 g/mol. The third-order valence-corrected chi connectivity index (χ3v) is 2.44. The Bertz CT molecular complexity index is 422. The van der Waals surface area contributed by atoms with Gasteiger partial charge in [0, 0.05) is 12.6 Å². The summed E-state index contributed by atoms with van der Waals surface area (Å²) in [5.74, 6) is 0.448. The van der Waals surface area contributed by atoms with Crippen molar-refractivity contribution in [3.05, 3.63) is 23.3 Å². The molecule has 1 aromatic heterocycles. The molecule has 18 heavy (non-hydrogen) atoms. The molecule has 1 rings (SSSR count). The Hall–Kier alpha value is -1.45. The number of esters is 1. The number of hydrogen-bond donors (Lipinski definition) is 0. The van der Waals surface area contributed by atoms with Gasteiger partial charge in [-0.1, -0.05) is 27.7 Å². The summed E-state index contributed by atoms with van der Waals surface area (Å²) in [5.41, 5.74) is 1.39. The standard InChI is InChI=1S/C14H22N2O2/c1-6-11-10(13(17)18-7-2)9-15-12(16-11)8-14(3,4)5/h9H,6-8H2,1-5H3. The van der Waals surface area contributed by atoms with E-state index >= 15 is 0 Å². The van der Waals surface area contributed by atoms with Crippen LogP contribution in [0.3, 0.4) is 0 Å². The van der Waals surface area contributed by atoms with Crippen molar-refractivity contribution < 1.29 is 9.53 Å². The molecular weight excluding hydrogens is 228 g/mol. The lowest BCUT2D eigenvalue weighted by Crippen LogP contribution is -2.16. The Kier molecular flexibility index (Phi) is 4.82. The van der Waals surface area contributed by atoms with Crippen LogP contribution in [-0.4, -0.2) is 22.5 Å². The molecule has 4 heteroatoms. The van der Waals surface area contributed by atoms with Gasteiger partial charge in [0.15, 0.2) is 0 Å². The second kappa shape index (κ2) is 5.94. The number of carbonyl (C=O) groups excluding carboxylic acids is 1.